The van der Waals surface area contributed by atoms with Crippen molar-refractivity contribution in [2.75, 3.05) is 5.33 Å². The Morgan fingerprint density at radius 1 is 1.33 bits per heavy atom. The highest BCUT2D eigenvalue weighted by atomic mass is 79.9. The first-order valence-electron chi connectivity index (χ1n) is 5.98. The van der Waals surface area contributed by atoms with Crippen LogP contribution in [-0.2, 0) is 13.5 Å². The summed E-state index contributed by atoms with van der Waals surface area (Å²) in [6, 6.07) is 6.78. The maximum Gasteiger partial charge on any atom is 0.123 e. The van der Waals surface area contributed by atoms with Crippen molar-refractivity contribution in [1.82, 2.24) is 9.78 Å². The summed E-state index contributed by atoms with van der Waals surface area (Å²) in [6.45, 7) is 0. The van der Waals surface area contributed by atoms with Crippen LogP contribution in [0.4, 0.5) is 4.39 Å². The van der Waals surface area contributed by atoms with Gasteiger partial charge in [-0.1, -0.05) is 28.1 Å². The van der Waals surface area contributed by atoms with E-state index >= 15 is 0 Å². The molecule has 0 aliphatic heterocycles. The van der Waals surface area contributed by atoms with Crippen molar-refractivity contribution in [3.05, 3.63) is 53.6 Å². The zero-order chi connectivity index (χ0) is 13.0. The van der Waals surface area contributed by atoms with Gasteiger partial charge in [0.25, 0.3) is 0 Å². The van der Waals surface area contributed by atoms with Gasteiger partial charge in [-0.05, 0) is 42.0 Å². The second kappa shape index (κ2) is 6.14. The minimum atomic E-state index is -0.181. The molecule has 1 heterocycles. The largest absolute Gasteiger partial charge is 0.276 e. The highest BCUT2D eigenvalue weighted by Crippen LogP contribution is 2.24. The third kappa shape index (κ3) is 3.42. The Kier molecular flexibility index (Phi) is 4.53. The van der Waals surface area contributed by atoms with Gasteiger partial charge in [0, 0.05) is 18.6 Å². The lowest BCUT2D eigenvalue weighted by molar-refractivity contribution is 0.623. The number of aromatic nitrogens is 2. The van der Waals surface area contributed by atoms with Crippen LogP contribution in [0.2, 0.25) is 0 Å². The molecule has 2 nitrogen and oxygen atoms in total. The fraction of sp³-hybridized carbons (Fsp3) is 0.357. The molecule has 1 aromatic heterocycles. The molecule has 0 radical (unpaired) electrons. The molecule has 1 aromatic carbocycles. The van der Waals surface area contributed by atoms with Gasteiger partial charge in [-0.15, -0.1) is 0 Å². The normalized spacial score (nSPS) is 12.6. The van der Waals surface area contributed by atoms with E-state index < -0.39 is 0 Å². The van der Waals surface area contributed by atoms with Crippen molar-refractivity contribution >= 4 is 15.9 Å². The van der Waals surface area contributed by atoms with E-state index in [2.05, 4.69) is 21.0 Å². The van der Waals surface area contributed by atoms with E-state index in [0.29, 0.717) is 5.92 Å². The lowest BCUT2D eigenvalue weighted by Gasteiger charge is -2.13. The lowest BCUT2D eigenvalue weighted by atomic mass is 9.95. The molecule has 0 aliphatic rings. The molecule has 0 fully saturated rings. The van der Waals surface area contributed by atoms with Crippen LogP contribution in [0.1, 0.15) is 23.5 Å². The molecule has 1 unspecified atom stereocenters. The van der Waals surface area contributed by atoms with Gasteiger partial charge in [0.1, 0.15) is 5.82 Å². The minimum absolute atomic E-state index is 0.181. The summed E-state index contributed by atoms with van der Waals surface area (Å²) in [5, 5.41) is 5.05. The zero-order valence-electron chi connectivity index (χ0n) is 10.3. The number of rotatable bonds is 5. The Morgan fingerprint density at radius 2 is 2.06 bits per heavy atom. The van der Waals surface area contributed by atoms with Gasteiger partial charge in [0.2, 0.25) is 0 Å². The average molecular weight is 311 g/mol. The lowest BCUT2D eigenvalue weighted by Crippen LogP contribution is -2.02. The van der Waals surface area contributed by atoms with Crippen LogP contribution >= 0.6 is 15.9 Å². The molecular formula is C14H16BrFN2. The van der Waals surface area contributed by atoms with Gasteiger partial charge in [0.15, 0.2) is 0 Å². The molecule has 0 spiro atoms. The monoisotopic (exact) mass is 310 g/mol. The summed E-state index contributed by atoms with van der Waals surface area (Å²) in [4.78, 5) is 0. The Bertz CT molecular complexity index is 493. The highest BCUT2D eigenvalue weighted by molar-refractivity contribution is 9.09. The van der Waals surface area contributed by atoms with Crippen molar-refractivity contribution < 1.29 is 4.39 Å². The first-order chi connectivity index (χ1) is 8.69. The molecular weight excluding hydrogens is 295 g/mol. The molecule has 0 N–H and O–H groups in total. The number of halogens is 2. The van der Waals surface area contributed by atoms with E-state index in [9.17, 15) is 4.39 Å². The van der Waals surface area contributed by atoms with Gasteiger partial charge < -0.3 is 0 Å². The average Bonchev–Trinajstić information content (AvgIpc) is 2.78. The smallest absolute Gasteiger partial charge is 0.123 e. The van der Waals surface area contributed by atoms with Gasteiger partial charge >= 0.3 is 0 Å². The van der Waals surface area contributed by atoms with Crippen molar-refractivity contribution in [3.63, 3.8) is 0 Å². The van der Waals surface area contributed by atoms with Crippen LogP contribution in [0.3, 0.4) is 0 Å². The highest BCUT2D eigenvalue weighted by Gasteiger charge is 2.11. The van der Waals surface area contributed by atoms with Gasteiger partial charge in [0.05, 0.1) is 6.20 Å². The Labute approximate surface area is 115 Å². The summed E-state index contributed by atoms with van der Waals surface area (Å²) < 4.78 is 14.7. The Balaban J connectivity index is 1.99. The number of aryl methyl sites for hydroxylation is 2. The summed E-state index contributed by atoms with van der Waals surface area (Å²) in [7, 11) is 1.92. The maximum atomic E-state index is 12.9. The van der Waals surface area contributed by atoms with Crippen LogP contribution in [0, 0.1) is 5.82 Å². The van der Waals surface area contributed by atoms with Crippen molar-refractivity contribution in [1.29, 1.82) is 0 Å². The molecule has 2 aromatic rings. The summed E-state index contributed by atoms with van der Waals surface area (Å²) >= 11 is 3.54. The quantitative estimate of drug-likeness (QED) is 0.770. The Hall–Kier alpha value is -1.16. The van der Waals surface area contributed by atoms with Crippen molar-refractivity contribution in [2.45, 2.75) is 18.8 Å². The second-order valence-corrected chi connectivity index (χ2v) is 5.11. The zero-order valence-corrected chi connectivity index (χ0v) is 11.9. The predicted octanol–water partition coefficient (Wildman–Crippen LogP) is 3.67. The molecule has 0 aliphatic carbocycles. The van der Waals surface area contributed by atoms with Crippen molar-refractivity contribution in [3.8, 4) is 0 Å². The molecule has 18 heavy (non-hydrogen) atoms. The van der Waals surface area contributed by atoms with Gasteiger partial charge in [-0.2, -0.15) is 5.10 Å². The van der Waals surface area contributed by atoms with Crippen LogP contribution < -0.4 is 0 Å². The molecule has 0 saturated carbocycles. The molecule has 1 atom stereocenters. The Morgan fingerprint density at radius 3 is 2.61 bits per heavy atom. The predicted molar refractivity (Wildman–Crippen MR) is 74.5 cm³/mol. The van der Waals surface area contributed by atoms with E-state index in [-0.39, 0.29) is 5.82 Å². The molecule has 96 valence electrons. The first kappa shape index (κ1) is 13.3. The molecule has 0 saturated heterocycles. The maximum absolute atomic E-state index is 12.9. The van der Waals surface area contributed by atoms with Gasteiger partial charge in [-0.3, -0.25) is 4.68 Å². The molecule has 0 bridgehead atoms. The molecule has 0 amide bonds. The minimum Gasteiger partial charge on any atom is -0.276 e. The van der Waals surface area contributed by atoms with E-state index in [0.717, 1.165) is 18.2 Å². The number of alkyl halides is 1. The van der Waals surface area contributed by atoms with Crippen LogP contribution in [0.5, 0.6) is 0 Å². The van der Waals surface area contributed by atoms with Crippen molar-refractivity contribution in [2.24, 2.45) is 7.05 Å². The van der Waals surface area contributed by atoms with E-state index in [1.807, 2.05) is 36.3 Å². The van der Waals surface area contributed by atoms with E-state index in [4.69, 9.17) is 0 Å². The fourth-order valence-electron chi connectivity index (χ4n) is 2.01. The number of benzene rings is 1. The molecule has 2 rings (SSSR count). The third-order valence-electron chi connectivity index (χ3n) is 3.07. The fourth-order valence-corrected chi connectivity index (χ4v) is 2.71. The van der Waals surface area contributed by atoms with E-state index in [1.54, 1.807) is 0 Å². The standard InChI is InChI=1S/C14H16BrFN2/c1-18-10-11(9-17-18)2-3-13(8-15)12-4-6-14(16)7-5-12/h4-7,9-10,13H,2-3,8H2,1H3. The number of hydrogen-bond acceptors (Lipinski definition) is 1. The number of nitrogens with zero attached hydrogens (tertiary/aromatic N) is 2. The van der Waals surface area contributed by atoms with Crippen LogP contribution in [-0.4, -0.2) is 15.1 Å². The van der Waals surface area contributed by atoms with Gasteiger partial charge in [-0.25, -0.2) is 4.39 Å². The SMILES string of the molecule is Cn1cc(CCC(CBr)c2ccc(F)cc2)cn1. The summed E-state index contributed by atoms with van der Waals surface area (Å²) in [5.74, 6) is 0.227. The van der Waals surface area contributed by atoms with E-state index in [1.165, 1.54) is 23.3 Å². The molecule has 4 heteroatoms. The van der Waals surface area contributed by atoms with Crippen LogP contribution in [0.25, 0.3) is 0 Å². The first-order valence-corrected chi connectivity index (χ1v) is 7.10. The number of hydrogen-bond donors (Lipinski definition) is 0. The topological polar surface area (TPSA) is 17.8 Å². The van der Waals surface area contributed by atoms with Crippen LogP contribution in [0.15, 0.2) is 36.7 Å². The summed E-state index contributed by atoms with van der Waals surface area (Å²) in [6.07, 6.45) is 5.95. The summed E-state index contributed by atoms with van der Waals surface area (Å²) in [5.41, 5.74) is 2.42. The third-order valence-corrected chi connectivity index (χ3v) is 3.85. The second-order valence-electron chi connectivity index (χ2n) is 4.46.